The Kier molecular flexibility index (Phi) is 4.73. The van der Waals surface area contributed by atoms with Gasteiger partial charge in [-0.25, -0.2) is 12.8 Å². The lowest BCUT2D eigenvalue weighted by molar-refractivity contribution is -0.0162. The Morgan fingerprint density at radius 1 is 1.35 bits per heavy atom. The SMILES string of the molecule is COCC1CN(S(=O)(=O)c2ccccc2F)CC12CCOCC2. The first-order chi connectivity index (χ1) is 11.0. The molecule has 1 unspecified atom stereocenters. The summed E-state index contributed by atoms with van der Waals surface area (Å²) in [5, 5.41) is 0. The molecule has 1 atom stereocenters. The van der Waals surface area contributed by atoms with Crippen molar-refractivity contribution in [2.45, 2.75) is 17.7 Å². The second-order valence-electron chi connectivity index (χ2n) is 6.35. The van der Waals surface area contributed by atoms with Crippen LogP contribution in [0.2, 0.25) is 0 Å². The molecule has 0 radical (unpaired) electrons. The topological polar surface area (TPSA) is 55.8 Å². The molecule has 0 aliphatic carbocycles. The van der Waals surface area contributed by atoms with Gasteiger partial charge in [0.2, 0.25) is 10.0 Å². The number of hydrogen-bond donors (Lipinski definition) is 0. The molecule has 2 aliphatic rings. The van der Waals surface area contributed by atoms with E-state index >= 15 is 0 Å². The normalized spacial score (nSPS) is 25.0. The maximum atomic E-state index is 14.0. The number of sulfonamides is 1. The zero-order valence-corrected chi connectivity index (χ0v) is 14.0. The molecule has 2 fully saturated rings. The third-order valence-corrected chi connectivity index (χ3v) is 6.94. The van der Waals surface area contributed by atoms with Crippen LogP contribution in [-0.2, 0) is 19.5 Å². The largest absolute Gasteiger partial charge is 0.384 e. The molecule has 23 heavy (non-hydrogen) atoms. The zero-order chi connectivity index (χ0) is 16.5. The summed E-state index contributed by atoms with van der Waals surface area (Å²) in [7, 11) is -2.21. The van der Waals surface area contributed by atoms with Gasteiger partial charge in [-0.05, 0) is 30.4 Å². The van der Waals surface area contributed by atoms with Gasteiger partial charge in [0.05, 0.1) is 6.61 Å². The maximum absolute atomic E-state index is 14.0. The summed E-state index contributed by atoms with van der Waals surface area (Å²) in [5.74, 6) is -0.596. The van der Waals surface area contributed by atoms with Crippen LogP contribution in [0.15, 0.2) is 29.2 Å². The third-order valence-electron chi connectivity index (χ3n) is 5.09. The predicted octanol–water partition coefficient (Wildman–Crippen LogP) is 1.89. The number of rotatable bonds is 4. The Bertz CT molecular complexity index is 658. The Morgan fingerprint density at radius 3 is 2.70 bits per heavy atom. The highest BCUT2D eigenvalue weighted by Crippen LogP contribution is 2.46. The average molecular weight is 343 g/mol. The van der Waals surface area contributed by atoms with Crippen LogP contribution in [0.4, 0.5) is 4.39 Å². The first-order valence-electron chi connectivity index (χ1n) is 7.81. The number of methoxy groups -OCH3 is 1. The number of ether oxygens (including phenoxy) is 2. The van der Waals surface area contributed by atoms with Crippen molar-refractivity contribution in [1.29, 1.82) is 0 Å². The number of benzene rings is 1. The minimum absolute atomic E-state index is 0.109. The van der Waals surface area contributed by atoms with Crippen molar-refractivity contribution in [1.82, 2.24) is 4.31 Å². The molecule has 2 heterocycles. The Hall–Kier alpha value is -1.02. The number of nitrogens with zero attached hydrogens (tertiary/aromatic N) is 1. The molecule has 1 aromatic carbocycles. The minimum atomic E-state index is -3.83. The van der Waals surface area contributed by atoms with Gasteiger partial charge < -0.3 is 9.47 Å². The van der Waals surface area contributed by atoms with Crippen molar-refractivity contribution in [3.63, 3.8) is 0 Å². The van der Waals surface area contributed by atoms with Gasteiger partial charge >= 0.3 is 0 Å². The Morgan fingerprint density at radius 2 is 2.04 bits per heavy atom. The van der Waals surface area contributed by atoms with Gasteiger partial charge in [0, 0.05) is 39.3 Å². The fraction of sp³-hybridized carbons (Fsp3) is 0.625. The summed E-state index contributed by atoms with van der Waals surface area (Å²) >= 11 is 0. The van der Waals surface area contributed by atoms with Gasteiger partial charge in [0.15, 0.2) is 0 Å². The molecule has 1 spiro atoms. The average Bonchev–Trinajstić information content (AvgIpc) is 2.88. The van der Waals surface area contributed by atoms with Crippen LogP contribution in [-0.4, -0.2) is 52.7 Å². The zero-order valence-electron chi connectivity index (χ0n) is 13.2. The summed E-state index contributed by atoms with van der Waals surface area (Å²) in [5.41, 5.74) is -0.132. The molecule has 128 valence electrons. The molecule has 7 heteroatoms. The van der Waals surface area contributed by atoms with Gasteiger partial charge in [-0.3, -0.25) is 0 Å². The standard InChI is InChI=1S/C16H22FNO4S/c1-21-11-13-10-18(12-16(13)6-8-22-9-7-16)23(19,20)15-5-3-2-4-14(15)17/h2-5,13H,6-12H2,1H3. The lowest BCUT2D eigenvalue weighted by Crippen LogP contribution is -2.39. The van der Waals surface area contributed by atoms with E-state index in [2.05, 4.69) is 0 Å². The first-order valence-corrected chi connectivity index (χ1v) is 9.25. The summed E-state index contributed by atoms with van der Waals surface area (Å²) in [6.45, 7) is 2.54. The molecule has 3 rings (SSSR count). The Balaban J connectivity index is 1.90. The van der Waals surface area contributed by atoms with E-state index in [0.717, 1.165) is 12.8 Å². The molecule has 1 aromatic rings. The molecule has 0 bridgehead atoms. The second-order valence-corrected chi connectivity index (χ2v) is 8.26. The summed E-state index contributed by atoms with van der Waals surface area (Å²) in [6, 6.07) is 5.54. The highest BCUT2D eigenvalue weighted by molar-refractivity contribution is 7.89. The third kappa shape index (κ3) is 3.03. The molecular weight excluding hydrogens is 321 g/mol. The fourth-order valence-corrected chi connectivity index (χ4v) is 5.38. The highest BCUT2D eigenvalue weighted by Gasteiger charge is 2.50. The van der Waals surface area contributed by atoms with Crippen LogP contribution >= 0.6 is 0 Å². The van der Waals surface area contributed by atoms with Crippen LogP contribution in [0.1, 0.15) is 12.8 Å². The summed E-state index contributed by atoms with van der Waals surface area (Å²) in [4.78, 5) is -0.250. The molecular formula is C16H22FNO4S. The van der Waals surface area contributed by atoms with Crippen molar-refractivity contribution in [2.75, 3.05) is 40.0 Å². The van der Waals surface area contributed by atoms with Crippen LogP contribution in [0.5, 0.6) is 0 Å². The smallest absolute Gasteiger partial charge is 0.246 e. The summed E-state index contributed by atoms with van der Waals surface area (Å²) in [6.07, 6.45) is 1.62. The van der Waals surface area contributed by atoms with E-state index < -0.39 is 15.8 Å². The minimum Gasteiger partial charge on any atom is -0.384 e. The van der Waals surface area contributed by atoms with Crippen molar-refractivity contribution < 1.29 is 22.3 Å². The van der Waals surface area contributed by atoms with E-state index in [1.54, 1.807) is 13.2 Å². The fourth-order valence-electron chi connectivity index (χ4n) is 3.74. The van der Waals surface area contributed by atoms with E-state index in [1.807, 2.05) is 0 Å². The second kappa shape index (κ2) is 6.47. The predicted molar refractivity (Wildman–Crippen MR) is 83.0 cm³/mol. The molecule has 0 N–H and O–H groups in total. The van der Waals surface area contributed by atoms with Crippen LogP contribution in [0.25, 0.3) is 0 Å². The summed E-state index contributed by atoms with van der Waals surface area (Å²) < 4.78 is 51.8. The molecule has 0 saturated carbocycles. The lowest BCUT2D eigenvalue weighted by atomic mass is 9.72. The lowest BCUT2D eigenvalue weighted by Gasteiger charge is -2.37. The van der Waals surface area contributed by atoms with Crippen molar-refractivity contribution in [3.8, 4) is 0 Å². The Labute approximate surface area is 136 Å². The molecule has 5 nitrogen and oxygen atoms in total. The maximum Gasteiger partial charge on any atom is 0.246 e. The quantitative estimate of drug-likeness (QED) is 0.838. The molecule has 2 aliphatic heterocycles. The monoisotopic (exact) mass is 343 g/mol. The van der Waals surface area contributed by atoms with Gasteiger partial charge in [-0.15, -0.1) is 0 Å². The van der Waals surface area contributed by atoms with E-state index in [4.69, 9.17) is 9.47 Å². The van der Waals surface area contributed by atoms with Crippen molar-refractivity contribution >= 4 is 10.0 Å². The van der Waals surface area contributed by atoms with Gasteiger partial charge in [0.1, 0.15) is 10.7 Å². The van der Waals surface area contributed by atoms with Crippen molar-refractivity contribution in [3.05, 3.63) is 30.1 Å². The van der Waals surface area contributed by atoms with E-state index in [0.29, 0.717) is 32.9 Å². The van der Waals surface area contributed by atoms with Crippen LogP contribution in [0.3, 0.4) is 0 Å². The van der Waals surface area contributed by atoms with Crippen LogP contribution < -0.4 is 0 Å². The van der Waals surface area contributed by atoms with Crippen LogP contribution in [0, 0.1) is 17.2 Å². The van der Waals surface area contributed by atoms with E-state index in [1.165, 1.54) is 22.5 Å². The molecule has 0 amide bonds. The van der Waals surface area contributed by atoms with Crippen molar-refractivity contribution in [2.24, 2.45) is 11.3 Å². The van der Waals surface area contributed by atoms with E-state index in [-0.39, 0.29) is 16.2 Å². The van der Waals surface area contributed by atoms with E-state index in [9.17, 15) is 12.8 Å². The molecule has 0 aromatic heterocycles. The van der Waals surface area contributed by atoms with Gasteiger partial charge in [-0.2, -0.15) is 4.31 Å². The number of halogens is 1. The number of hydrogen-bond acceptors (Lipinski definition) is 4. The van der Waals surface area contributed by atoms with Gasteiger partial charge in [-0.1, -0.05) is 12.1 Å². The molecule has 2 saturated heterocycles. The first kappa shape index (κ1) is 16.8. The van der Waals surface area contributed by atoms with Gasteiger partial charge in [0.25, 0.3) is 0 Å². The highest BCUT2D eigenvalue weighted by atomic mass is 32.2.